The van der Waals surface area contributed by atoms with Gasteiger partial charge in [-0.3, -0.25) is 14.5 Å². The Labute approximate surface area is 269 Å². The lowest BCUT2D eigenvalue weighted by atomic mass is 9.92. The first-order valence-electron chi connectivity index (χ1n) is 15.5. The number of benzene rings is 4. The van der Waals surface area contributed by atoms with E-state index in [1.54, 1.807) is 12.1 Å². The zero-order chi connectivity index (χ0) is 32.5. The number of phenols is 1. The molecule has 1 heterocycles. The van der Waals surface area contributed by atoms with E-state index in [-0.39, 0.29) is 30.5 Å². The van der Waals surface area contributed by atoms with Crippen LogP contribution in [0.25, 0.3) is 0 Å². The molecule has 0 saturated heterocycles. The van der Waals surface area contributed by atoms with Crippen molar-refractivity contribution in [3.8, 4) is 5.75 Å². The van der Waals surface area contributed by atoms with Crippen LogP contribution in [0.2, 0.25) is 0 Å². The second-order valence-corrected chi connectivity index (χ2v) is 11.9. The third-order valence-electron chi connectivity index (χ3n) is 8.36. The lowest BCUT2D eigenvalue weighted by Crippen LogP contribution is -2.58. The quantitative estimate of drug-likeness (QED) is 0.154. The van der Waals surface area contributed by atoms with Gasteiger partial charge in [-0.1, -0.05) is 97.1 Å². The Balaban J connectivity index is 1.35. The predicted molar refractivity (Wildman–Crippen MR) is 176 cm³/mol. The number of nitrogens with zero attached hydrogens (tertiary/aromatic N) is 1. The van der Waals surface area contributed by atoms with Crippen molar-refractivity contribution in [3.63, 3.8) is 0 Å². The number of phenolic OH excluding ortho intramolecular Hbond substituents is 1. The fourth-order valence-corrected chi connectivity index (χ4v) is 5.98. The van der Waals surface area contributed by atoms with E-state index in [1.807, 2.05) is 97.1 Å². The number of hydrogen-bond donors (Lipinski definition) is 5. The van der Waals surface area contributed by atoms with E-state index in [2.05, 4.69) is 15.5 Å². The van der Waals surface area contributed by atoms with Gasteiger partial charge in [0.05, 0.1) is 6.04 Å². The van der Waals surface area contributed by atoms with Gasteiger partial charge < -0.3 is 26.6 Å². The Hall–Kier alpha value is -4.99. The molecular weight excluding hydrogens is 580 g/mol. The summed E-state index contributed by atoms with van der Waals surface area (Å²) in [5, 5.41) is 25.2. The molecule has 0 unspecified atom stereocenters. The van der Waals surface area contributed by atoms with Crippen LogP contribution < -0.4 is 16.4 Å². The molecule has 0 aromatic heterocycles. The van der Waals surface area contributed by atoms with Gasteiger partial charge >= 0.3 is 5.97 Å². The van der Waals surface area contributed by atoms with Gasteiger partial charge in [0.1, 0.15) is 17.8 Å². The summed E-state index contributed by atoms with van der Waals surface area (Å²) in [6, 6.07) is 30.3. The number of carbonyl (C=O) groups excluding carboxylic acids is 2. The van der Waals surface area contributed by atoms with Crippen LogP contribution in [-0.4, -0.2) is 63.6 Å². The predicted octanol–water partition coefficient (Wildman–Crippen LogP) is 3.23. The minimum Gasteiger partial charge on any atom is -0.508 e. The van der Waals surface area contributed by atoms with Gasteiger partial charge in [0, 0.05) is 32.0 Å². The molecule has 2 amide bonds. The van der Waals surface area contributed by atoms with E-state index in [4.69, 9.17) is 5.73 Å². The molecule has 6 N–H and O–H groups in total. The maximum atomic E-state index is 14.1. The van der Waals surface area contributed by atoms with Crippen LogP contribution in [0, 0.1) is 0 Å². The molecule has 1 aliphatic heterocycles. The average Bonchev–Trinajstić information content (AvgIpc) is 3.05. The number of carboxylic acid groups (broad SMARTS) is 1. The average molecular weight is 621 g/mol. The number of carboxylic acids is 1. The highest BCUT2D eigenvalue weighted by Crippen LogP contribution is 2.24. The van der Waals surface area contributed by atoms with Crippen LogP contribution in [0.15, 0.2) is 109 Å². The fourth-order valence-electron chi connectivity index (χ4n) is 5.98. The summed E-state index contributed by atoms with van der Waals surface area (Å²) in [6.45, 7) is 0.951. The van der Waals surface area contributed by atoms with Crippen molar-refractivity contribution < 1.29 is 24.6 Å². The molecular formula is C37H40N4O5. The molecule has 0 radical (unpaired) electrons. The van der Waals surface area contributed by atoms with Crippen LogP contribution >= 0.6 is 0 Å². The van der Waals surface area contributed by atoms with E-state index >= 15 is 0 Å². The molecule has 4 atom stereocenters. The lowest BCUT2D eigenvalue weighted by Gasteiger charge is -2.38. The highest BCUT2D eigenvalue weighted by Gasteiger charge is 2.35. The van der Waals surface area contributed by atoms with Crippen molar-refractivity contribution in [3.05, 3.63) is 137 Å². The zero-order valence-corrected chi connectivity index (χ0v) is 25.6. The van der Waals surface area contributed by atoms with Crippen molar-refractivity contribution in [2.24, 2.45) is 5.73 Å². The largest absolute Gasteiger partial charge is 0.508 e. The Morgan fingerprint density at radius 2 is 1.26 bits per heavy atom. The van der Waals surface area contributed by atoms with Crippen molar-refractivity contribution in [2.45, 2.75) is 56.4 Å². The van der Waals surface area contributed by atoms with E-state index in [9.17, 15) is 24.6 Å². The number of carbonyl (C=O) groups is 3. The first-order valence-corrected chi connectivity index (χ1v) is 15.5. The van der Waals surface area contributed by atoms with Gasteiger partial charge in [0.25, 0.3) is 0 Å². The molecule has 46 heavy (non-hydrogen) atoms. The van der Waals surface area contributed by atoms with Gasteiger partial charge in [0.2, 0.25) is 11.8 Å². The number of aromatic hydroxyl groups is 1. The molecule has 0 fully saturated rings. The topological polar surface area (TPSA) is 145 Å². The maximum absolute atomic E-state index is 14.1. The first-order chi connectivity index (χ1) is 22.2. The highest BCUT2D eigenvalue weighted by molar-refractivity contribution is 5.92. The SMILES string of the molecule is N[C@@H](Cc1ccc(O)cc1)CN1Cc2ccccc2C[C@H]1C(=O)N[C@@H](Cc1ccccc1)C(=O)N[C@@H](Cc1ccccc1)C(=O)O. The minimum atomic E-state index is -1.17. The van der Waals surface area contributed by atoms with Crippen molar-refractivity contribution >= 4 is 17.8 Å². The number of fused-ring (bicyclic) bond motifs is 1. The van der Waals surface area contributed by atoms with Gasteiger partial charge in [-0.25, -0.2) is 4.79 Å². The zero-order valence-electron chi connectivity index (χ0n) is 25.6. The second-order valence-electron chi connectivity index (χ2n) is 11.9. The maximum Gasteiger partial charge on any atom is 0.326 e. The first kappa shape index (κ1) is 32.4. The van der Waals surface area contributed by atoms with E-state index in [0.29, 0.717) is 25.9 Å². The summed E-state index contributed by atoms with van der Waals surface area (Å²) in [6.07, 6.45) is 1.31. The smallest absolute Gasteiger partial charge is 0.326 e. The Morgan fingerprint density at radius 1 is 0.717 bits per heavy atom. The monoisotopic (exact) mass is 620 g/mol. The Morgan fingerprint density at radius 3 is 1.87 bits per heavy atom. The number of aliphatic carboxylic acids is 1. The van der Waals surface area contributed by atoms with Gasteiger partial charge in [0.15, 0.2) is 0 Å². The molecule has 4 aromatic rings. The van der Waals surface area contributed by atoms with Crippen LogP contribution in [0.4, 0.5) is 0 Å². The van der Waals surface area contributed by atoms with Crippen LogP contribution in [0.3, 0.4) is 0 Å². The second kappa shape index (κ2) is 15.3. The van der Waals surface area contributed by atoms with Gasteiger partial charge in [-0.2, -0.15) is 0 Å². The molecule has 9 heteroatoms. The summed E-state index contributed by atoms with van der Waals surface area (Å²) < 4.78 is 0. The lowest BCUT2D eigenvalue weighted by molar-refractivity contribution is -0.142. The van der Waals surface area contributed by atoms with Crippen molar-refractivity contribution in [1.29, 1.82) is 0 Å². The highest BCUT2D eigenvalue weighted by atomic mass is 16.4. The molecule has 0 aliphatic carbocycles. The Bertz CT molecular complexity index is 1610. The third-order valence-corrected chi connectivity index (χ3v) is 8.36. The van der Waals surface area contributed by atoms with Gasteiger partial charge in [-0.15, -0.1) is 0 Å². The standard InChI is InChI=1S/C37H40N4O5/c38-30(19-27-15-17-31(42)18-16-27)24-41-23-29-14-8-7-13-28(29)22-34(41)36(44)39-32(20-25-9-3-1-4-10-25)35(43)40-33(37(45)46)21-26-11-5-2-6-12-26/h1-18,30,32-34,42H,19-24,38H2,(H,39,44)(H,40,43)(H,45,46)/t30-,32-,33-,34-/m0/s1. The molecule has 4 aromatic carbocycles. The molecule has 0 spiro atoms. The molecule has 0 saturated carbocycles. The fraction of sp³-hybridized carbons (Fsp3) is 0.270. The van der Waals surface area contributed by atoms with E-state index in [0.717, 1.165) is 27.8 Å². The van der Waals surface area contributed by atoms with Crippen molar-refractivity contribution in [1.82, 2.24) is 15.5 Å². The summed E-state index contributed by atoms with van der Waals surface area (Å²) >= 11 is 0. The minimum absolute atomic E-state index is 0.111. The number of hydrogen-bond acceptors (Lipinski definition) is 6. The normalized spacial score (nSPS) is 16.4. The summed E-state index contributed by atoms with van der Waals surface area (Å²) in [5.41, 5.74) is 11.4. The number of nitrogens with one attached hydrogen (secondary N) is 2. The molecule has 5 rings (SSSR count). The van der Waals surface area contributed by atoms with Crippen LogP contribution in [0.5, 0.6) is 5.75 Å². The molecule has 0 bridgehead atoms. The molecule has 1 aliphatic rings. The van der Waals surface area contributed by atoms with E-state index < -0.39 is 30.0 Å². The summed E-state index contributed by atoms with van der Waals surface area (Å²) in [4.78, 5) is 42.0. The van der Waals surface area contributed by atoms with Gasteiger partial charge in [-0.05, 0) is 52.8 Å². The molecule has 238 valence electrons. The van der Waals surface area contributed by atoms with Crippen molar-refractivity contribution in [2.75, 3.05) is 6.54 Å². The number of amides is 2. The van der Waals surface area contributed by atoms with E-state index in [1.165, 1.54) is 0 Å². The van der Waals surface area contributed by atoms with Crippen LogP contribution in [-0.2, 0) is 46.6 Å². The summed E-state index contributed by atoms with van der Waals surface area (Å²) in [5.74, 6) is -1.85. The molecule has 9 nitrogen and oxygen atoms in total. The Kier molecular flexibility index (Phi) is 10.8. The number of nitrogens with two attached hydrogens (primary N) is 1. The summed E-state index contributed by atoms with van der Waals surface area (Å²) in [7, 11) is 0. The number of rotatable bonds is 13. The third kappa shape index (κ3) is 8.80. The van der Waals surface area contributed by atoms with Crippen LogP contribution in [0.1, 0.15) is 27.8 Å².